The molecule has 0 saturated heterocycles. The Bertz CT molecular complexity index is 757. The van der Waals surface area contributed by atoms with Gasteiger partial charge in [-0.2, -0.15) is 0 Å². The van der Waals surface area contributed by atoms with Crippen LogP contribution in [-0.4, -0.2) is 24.1 Å². The van der Waals surface area contributed by atoms with E-state index in [4.69, 9.17) is 4.74 Å². The maximum Gasteiger partial charge on any atom is 0.317 e. The van der Waals surface area contributed by atoms with E-state index in [1.807, 2.05) is 31.2 Å². The Morgan fingerprint density at radius 3 is 2.52 bits per heavy atom. The summed E-state index contributed by atoms with van der Waals surface area (Å²) in [4.78, 5) is 13.9. The van der Waals surface area contributed by atoms with E-state index in [9.17, 15) is 9.18 Å². The Balaban J connectivity index is 1.51. The monoisotopic (exact) mass is 370 g/mol. The molecular formula is C22H27FN2O2. The average Bonchev–Trinajstić information content (AvgIpc) is 3.19. The normalized spacial score (nSPS) is 15.4. The maximum absolute atomic E-state index is 13.9. The molecule has 2 aromatic carbocycles. The van der Waals surface area contributed by atoms with Crippen molar-refractivity contribution in [1.29, 1.82) is 0 Å². The molecule has 4 nitrogen and oxygen atoms in total. The molecule has 2 amide bonds. The van der Waals surface area contributed by atoms with Crippen molar-refractivity contribution >= 4 is 6.03 Å². The van der Waals surface area contributed by atoms with Crippen LogP contribution in [0.2, 0.25) is 0 Å². The quantitative estimate of drug-likeness (QED) is 0.773. The lowest BCUT2D eigenvalue weighted by molar-refractivity contribution is 0.193. The van der Waals surface area contributed by atoms with Gasteiger partial charge >= 0.3 is 6.03 Å². The maximum atomic E-state index is 13.9. The zero-order valence-electron chi connectivity index (χ0n) is 16.0. The molecule has 1 fully saturated rings. The Morgan fingerprint density at radius 2 is 1.85 bits per heavy atom. The fourth-order valence-electron chi connectivity index (χ4n) is 3.39. The Kier molecular flexibility index (Phi) is 6.32. The van der Waals surface area contributed by atoms with Crippen LogP contribution in [0.1, 0.15) is 49.8 Å². The lowest BCUT2D eigenvalue weighted by Gasteiger charge is -2.26. The number of halogens is 1. The minimum atomic E-state index is -0.353. The number of hydrogen-bond donors (Lipinski definition) is 1. The van der Waals surface area contributed by atoms with Crippen LogP contribution >= 0.6 is 0 Å². The van der Waals surface area contributed by atoms with Gasteiger partial charge in [-0.3, -0.25) is 0 Å². The highest BCUT2D eigenvalue weighted by Gasteiger charge is 2.20. The second-order valence-corrected chi connectivity index (χ2v) is 7.14. The number of nitrogens with zero attached hydrogens (tertiary/aromatic N) is 1. The van der Waals surface area contributed by atoms with E-state index < -0.39 is 0 Å². The molecule has 1 aliphatic carbocycles. The second-order valence-electron chi connectivity index (χ2n) is 7.14. The first kappa shape index (κ1) is 19.2. The standard InChI is InChI=1S/C22H27FN2O2/c1-16(20-9-5-6-10-21(20)23)25(2)22(26)24-15-17-11-13-19(14-12-17)27-18-7-3-4-8-18/h5-6,9-14,16,18H,3-4,7-8,15H2,1-2H3,(H,24,26). The van der Waals surface area contributed by atoms with Crippen LogP contribution < -0.4 is 10.1 Å². The van der Waals surface area contributed by atoms with E-state index in [1.54, 1.807) is 25.2 Å². The highest BCUT2D eigenvalue weighted by atomic mass is 19.1. The van der Waals surface area contributed by atoms with Crippen LogP contribution in [0.3, 0.4) is 0 Å². The van der Waals surface area contributed by atoms with Gasteiger partial charge in [0.2, 0.25) is 0 Å². The van der Waals surface area contributed by atoms with Crippen LogP contribution in [0, 0.1) is 5.82 Å². The smallest absolute Gasteiger partial charge is 0.317 e. The van der Waals surface area contributed by atoms with E-state index in [-0.39, 0.29) is 17.9 Å². The molecule has 0 bridgehead atoms. The van der Waals surface area contributed by atoms with Crippen molar-refractivity contribution in [3.8, 4) is 5.75 Å². The van der Waals surface area contributed by atoms with Crippen molar-refractivity contribution in [2.75, 3.05) is 7.05 Å². The molecule has 1 saturated carbocycles. The molecular weight excluding hydrogens is 343 g/mol. The first-order valence-electron chi connectivity index (χ1n) is 9.55. The zero-order valence-corrected chi connectivity index (χ0v) is 16.0. The van der Waals surface area contributed by atoms with Crippen LogP contribution in [0.5, 0.6) is 5.75 Å². The third-order valence-electron chi connectivity index (χ3n) is 5.23. The number of amides is 2. The molecule has 5 heteroatoms. The van der Waals surface area contributed by atoms with Crippen molar-refractivity contribution < 1.29 is 13.9 Å². The summed E-state index contributed by atoms with van der Waals surface area (Å²) in [6, 6.07) is 13.8. The minimum Gasteiger partial charge on any atom is -0.490 e. The van der Waals surface area contributed by atoms with Gasteiger partial charge in [-0.05, 0) is 56.4 Å². The van der Waals surface area contributed by atoms with E-state index in [1.165, 1.54) is 23.8 Å². The number of rotatable bonds is 6. The largest absolute Gasteiger partial charge is 0.490 e. The molecule has 0 heterocycles. The van der Waals surface area contributed by atoms with Crippen molar-refractivity contribution in [3.05, 3.63) is 65.5 Å². The highest BCUT2D eigenvalue weighted by Crippen LogP contribution is 2.24. The topological polar surface area (TPSA) is 41.6 Å². The summed E-state index contributed by atoms with van der Waals surface area (Å²) < 4.78 is 19.9. The van der Waals surface area contributed by atoms with Gasteiger partial charge in [0.15, 0.2) is 0 Å². The molecule has 0 radical (unpaired) electrons. The summed E-state index contributed by atoms with van der Waals surface area (Å²) in [5, 5.41) is 2.89. The molecule has 144 valence electrons. The average molecular weight is 370 g/mol. The van der Waals surface area contributed by atoms with Gasteiger partial charge < -0.3 is 15.0 Å². The van der Waals surface area contributed by atoms with Gasteiger partial charge in [0, 0.05) is 19.2 Å². The van der Waals surface area contributed by atoms with Gasteiger partial charge in [0.05, 0.1) is 12.1 Å². The molecule has 1 atom stereocenters. The number of carbonyl (C=O) groups is 1. The van der Waals surface area contributed by atoms with Crippen molar-refractivity contribution in [2.45, 2.75) is 51.3 Å². The number of nitrogens with one attached hydrogen (secondary N) is 1. The first-order valence-corrected chi connectivity index (χ1v) is 9.55. The van der Waals surface area contributed by atoms with E-state index in [0.29, 0.717) is 18.2 Å². The molecule has 0 aromatic heterocycles. The number of hydrogen-bond acceptors (Lipinski definition) is 2. The molecule has 0 spiro atoms. The van der Waals surface area contributed by atoms with E-state index >= 15 is 0 Å². The number of ether oxygens (including phenoxy) is 1. The molecule has 3 rings (SSSR count). The highest BCUT2D eigenvalue weighted by molar-refractivity contribution is 5.74. The molecule has 2 aromatic rings. The van der Waals surface area contributed by atoms with Crippen LogP contribution in [0.15, 0.2) is 48.5 Å². The summed E-state index contributed by atoms with van der Waals surface area (Å²) in [6.45, 7) is 2.23. The summed E-state index contributed by atoms with van der Waals surface area (Å²) >= 11 is 0. The third-order valence-corrected chi connectivity index (χ3v) is 5.23. The predicted octanol–water partition coefficient (Wildman–Crippen LogP) is 5.05. The van der Waals surface area contributed by atoms with Gasteiger partial charge in [0.1, 0.15) is 11.6 Å². The second kappa shape index (κ2) is 8.89. The van der Waals surface area contributed by atoms with Crippen LogP contribution in [-0.2, 0) is 6.54 Å². The summed E-state index contributed by atoms with van der Waals surface area (Å²) in [6.07, 6.45) is 5.08. The SMILES string of the molecule is CC(c1ccccc1F)N(C)C(=O)NCc1ccc(OC2CCCC2)cc1. The van der Waals surface area contributed by atoms with Crippen molar-refractivity contribution in [3.63, 3.8) is 0 Å². The molecule has 1 N–H and O–H groups in total. The molecule has 1 unspecified atom stereocenters. The van der Waals surface area contributed by atoms with Gasteiger partial charge in [-0.15, -0.1) is 0 Å². The van der Waals surface area contributed by atoms with Gasteiger partial charge in [0.25, 0.3) is 0 Å². The predicted molar refractivity (Wildman–Crippen MR) is 104 cm³/mol. The zero-order chi connectivity index (χ0) is 19.2. The van der Waals surface area contributed by atoms with E-state index in [2.05, 4.69) is 5.32 Å². The lowest BCUT2D eigenvalue weighted by Crippen LogP contribution is -2.38. The molecule has 27 heavy (non-hydrogen) atoms. The Morgan fingerprint density at radius 1 is 1.19 bits per heavy atom. The minimum absolute atomic E-state index is 0.239. The van der Waals surface area contributed by atoms with Crippen molar-refractivity contribution in [1.82, 2.24) is 10.2 Å². The number of benzene rings is 2. The molecule has 0 aliphatic heterocycles. The van der Waals surface area contributed by atoms with E-state index in [0.717, 1.165) is 24.2 Å². The fraction of sp³-hybridized carbons (Fsp3) is 0.409. The van der Waals surface area contributed by atoms with Crippen LogP contribution in [0.25, 0.3) is 0 Å². The number of urea groups is 1. The summed E-state index contributed by atoms with van der Waals surface area (Å²) in [7, 11) is 1.67. The lowest BCUT2D eigenvalue weighted by atomic mass is 10.1. The summed E-state index contributed by atoms with van der Waals surface area (Å²) in [5.41, 5.74) is 1.50. The Hall–Kier alpha value is -2.56. The van der Waals surface area contributed by atoms with Gasteiger partial charge in [-0.25, -0.2) is 9.18 Å². The third kappa shape index (κ3) is 5.00. The fourth-order valence-corrected chi connectivity index (χ4v) is 3.39. The first-order chi connectivity index (χ1) is 13.0. The van der Waals surface area contributed by atoms with Crippen LogP contribution in [0.4, 0.5) is 9.18 Å². The number of carbonyl (C=O) groups excluding carboxylic acids is 1. The van der Waals surface area contributed by atoms with Gasteiger partial charge in [-0.1, -0.05) is 30.3 Å². The Labute approximate surface area is 160 Å². The van der Waals surface area contributed by atoms with Crippen molar-refractivity contribution in [2.24, 2.45) is 0 Å². The molecule has 1 aliphatic rings. The summed E-state index contributed by atoms with van der Waals surface area (Å²) in [5.74, 6) is 0.574.